The second kappa shape index (κ2) is 7.87. The first-order chi connectivity index (χ1) is 13.0. The second-order valence-electron chi connectivity index (χ2n) is 5.84. The number of phenolic OH excluding ortho intramolecular Hbond substituents is 1. The summed E-state index contributed by atoms with van der Waals surface area (Å²) in [5, 5.41) is 24.2. The fraction of sp³-hybridized carbons (Fsp3) is 0.500. The van der Waals surface area contributed by atoms with Crippen molar-refractivity contribution < 1.29 is 42.4 Å². The summed E-state index contributed by atoms with van der Waals surface area (Å²) < 4.78 is 55.9. The molecule has 0 amide bonds. The second-order valence-corrected chi connectivity index (χ2v) is 6.25. The highest BCUT2D eigenvalue weighted by atomic mass is 32.1. The van der Waals surface area contributed by atoms with Crippen LogP contribution in [0.2, 0.25) is 0 Å². The highest BCUT2D eigenvalue weighted by molar-refractivity contribution is 7.80. The topological polar surface area (TPSA) is 109 Å². The van der Waals surface area contributed by atoms with Crippen LogP contribution in [0.25, 0.3) is 0 Å². The number of thiocarbonyl (C=S) groups is 1. The lowest BCUT2D eigenvalue weighted by atomic mass is 9.82. The van der Waals surface area contributed by atoms with Gasteiger partial charge in [0.2, 0.25) is 5.75 Å². The van der Waals surface area contributed by atoms with Gasteiger partial charge in [-0.15, -0.1) is 0 Å². The first-order valence-corrected chi connectivity index (χ1v) is 8.40. The van der Waals surface area contributed by atoms with Crippen LogP contribution in [-0.4, -0.2) is 54.0 Å². The van der Waals surface area contributed by atoms with E-state index in [1.54, 1.807) is 5.32 Å². The van der Waals surface area contributed by atoms with Gasteiger partial charge in [-0.05, 0) is 36.8 Å². The molecule has 1 aliphatic rings. The maximum atomic E-state index is 13.7. The quantitative estimate of drug-likeness (QED) is 0.411. The van der Waals surface area contributed by atoms with Crippen LogP contribution in [-0.2, 0) is 9.53 Å². The van der Waals surface area contributed by atoms with Gasteiger partial charge in [-0.1, -0.05) is 0 Å². The zero-order valence-corrected chi connectivity index (χ0v) is 15.9. The number of esters is 1. The largest absolute Gasteiger partial charge is 0.502 e. The normalized spacial score (nSPS) is 24.8. The van der Waals surface area contributed by atoms with Crippen LogP contribution in [0.15, 0.2) is 12.1 Å². The molecular formula is C16H19F3N2O6S. The third-order valence-corrected chi connectivity index (χ3v) is 4.43. The molecule has 156 valence electrons. The van der Waals surface area contributed by atoms with E-state index in [-0.39, 0.29) is 29.4 Å². The van der Waals surface area contributed by atoms with Crippen molar-refractivity contribution in [1.29, 1.82) is 0 Å². The van der Waals surface area contributed by atoms with Gasteiger partial charge in [-0.3, -0.25) is 4.79 Å². The minimum absolute atomic E-state index is 0.0380. The molecule has 1 heterocycles. The van der Waals surface area contributed by atoms with Gasteiger partial charge >= 0.3 is 12.1 Å². The molecule has 8 nitrogen and oxygen atoms in total. The molecular weight excluding hydrogens is 405 g/mol. The number of methoxy groups -OCH3 is 2. The summed E-state index contributed by atoms with van der Waals surface area (Å²) in [5.74, 6) is -4.08. The average Bonchev–Trinajstić information content (AvgIpc) is 2.60. The lowest BCUT2D eigenvalue weighted by molar-refractivity contribution is -0.292. The minimum Gasteiger partial charge on any atom is -0.502 e. The van der Waals surface area contributed by atoms with E-state index in [0.717, 1.165) is 0 Å². The number of hydrogen-bond donors (Lipinski definition) is 4. The first kappa shape index (κ1) is 21.8. The molecule has 1 aromatic rings. The van der Waals surface area contributed by atoms with Crippen molar-refractivity contribution in [3.05, 3.63) is 17.7 Å². The van der Waals surface area contributed by atoms with Crippen molar-refractivity contribution in [3.8, 4) is 17.2 Å². The van der Waals surface area contributed by atoms with Crippen LogP contribution in [0.3, 0.4) is 0 Å². The molecule has 2 rings (SSSR count). The summed E-state index contributed by atoms with van der Waals surface area (Å²) in [4.78, 5) is 12.4. The summed E-state index contributed by atoms with van der Waals surface area (Å²) in [6.07, 6.45) is -5.26. The molecule has 0 aliphatic carbocycles. The number of halogens is 3. The van der Waals surface area contributed by atoms with E-state index in [9.17, 15) is 28.2 Å². The Kier molecular flexibility index (Phi) is 6.14. The molecule has 0 spiro atoms. The monoisotopic (exact) mass is 424 g/mol. The van der Waals surface area contributed by atoms with Gasteiger partial charge in [0.05, 0.1) is 26.9 Å². The van der Waals surface area contributed by atoms with Gasteiger partial charge in [-0.2, -0.15) is 13.2 Å². The van der Waals surface area contributed by atoms with Crippen molar-refractivity contribution >= 4 is 23.3 Å². The van der Waals surface area contributed by atoms with Crippen molar-refractivity contribution in [2.24, 2.45) is 5.92 Å². The number of benzene rings is 1. The zero-order chi connectivity index (χ0) is 21.3. The average molecular weight is 424 g/mol. The molecule has 12 heteroatoms. The Morgan fingerprint density at radius 1 is 1.29 bits per heavy atom. The number of alkyl halides is 3. The Bertz CT molecular complexity index is 750. The van der Waals surface area contributed by atoms with Gasteiger partial charge < -0.3 is 35.1 Å². The van der Waals surface area contributed by atoms with E-state index < -0.39 is 34.9 Å². The summed E-state index contributed by atoms with van der Waals surface area (Å²) >= 11 is 4.81. The third kappa shape index (κ3) is 3.74. The van der Waals surface area contributed by atoms with Crippen molar-refractivity contribution in [2.75, 3.05) is 20.8 Å². The number of nitrogens with one attached hydrogen (secondary N) is 2. The first-order valence-electron chi connectivity index (χ1n) is 7.99. The minimum atomic E-state index is -5.26. The standard InChI is InChI=1S/C16H19F3N2O6S/c1-4-27-13(23)10-11(20-14(28)21-15(10,24)16(17,18)19)7-5-8(25-2)12(22)9(6-7)26-3/h5-6,10-11,22,24H,4H2,1-3H3,(H2,20,21,28)/t10-,11-,15+/m1/s1. The molecule has 0 radical (unpaired) electrons. The van der Waals surface area contributed by atoms with E-state index in [0.29, 0.717) is 0 Å². The molecule has 28 heavy (non-hydrogen) atoms. The fourth-order valence-corrected chi connectivity index (χ4v) is 3.19. The predicted molar refractivity (Wildman–Crippen MR) is 93.9 cm³/mol. The molecule has 0 aromatic heterocycles. The van der Waals surface area contributed by atoms with Crippen LogP contribution in [0.1, 0.15) is 18.5 Å². The number of phenols is 1. The Balaban J connectivity index is 2.68. The van der Waals surface area contributed by atoms with E-state index in [2.05, 4.69) is 5.32 Å². The highest BCUT2D eigenvalue weighted by Crippen LogP contribution is 2.46. The summed E-state index contributed by atoms with van der Waals surface area (Å²) in [6, 6.07) is 0.932. The molecule has 1 aliphatic heterocycles. The van der Waals surface area contributed by atoms with Crippen molar-refractivity contribution in [3.63, 3.8) is 0 Å². The predicted octanol–water partition coefficient (Wildman–Crippen LogP) is 1.36. The van der Waals surface area contributed by atoms with Gasteiger partial charge in [0, 0.05) is 0 Å². The van der Waals surface area contributed by atoms with Crippen molar-refractivity contribution in [1.82, 2.24) is 10.6 Å². The van der Waals surface area contributed by atoms with E-state index in [1.807, 2.05) is 0 Å². The van der Waals surface area contributed by atoms with E-state index in [4.69, 9.17) is 26.4 Å². The van der Waals surface area contributed by atoms with Crippen LogP contribution in [0.5, 0.6) is 17.2 Å². The molecule has 3 atom stereocenters. The van der Waals surface area contributed by atoms with Gasteiger partial charge in [0.1, 0.15) is 5.92 Å². The number of rotatable bonds is 5. The third-order valence-electron chi connectivity index (χ3n) is 4.21. The van der Waals surface area contributed by atoms with Gasteiger partial charge in [0.25, 0.3) is 5.72 Å². The van der Waals surface area contributed by atoms with Gasteiger partial charge in [0.15, 0.2) is 16.6 Å². The number of hydrogen-bond acceptors (Lipinski definition) is 7. The summed E-state index contributed by atoms with van der Waals surface area (Å²) in [7, 11) is 2.46. The van der Waals surface area contributed by atoms with Crippen LogP contribution >= 0.6 is 12.2 Å². The van der Waals surface area contributed by atoms with Crippen LogP contribution in [0.4, 0.5) is 13.2 Å². The van der Waals surface area contributed by atoms with E-state index >= 15 is 0 Å². The number of aromatic hydroxyl groups is 1. The van der Waals surface area contributed by atoms with E-state index in [1.165, 1.54) is 33.3 Å². The smallest absolute Gasteiger partial charge is 0.437 e. The zero-order valence-electron chi connectivity index (χ0n) is 15.1. The maximum absolute atomic E-state index is 13.7. The molecule has 4 N–H and O–H groups in total. The maximum Gasteiger partial charge on any atom is 0.437 e. The number of ether oxygens (including phenoxy) is 3. The SMILES string of the molecule is CCOC(=O)[C@H]1[C@@H](c2cc(OC)c(O)c(OC)c2)NC(=S)N[C@@]1(O)C(F)(F)F. The number of carbonyl (C=O) groups excluding carboxylic acids is 1. The molecule has 0 bridgehead atoms. The molecule has 0 saturated carbocycles. The molecule has 1 aromatic carbocycles. The molecule has 0 unspecified atom stereocenters. The molecule has 1 fully saturated rings. The summed E-state index contributed by atoms with van der Waals surface area (Å²) in [5.41, 5.74) is -3.65. The summed E-state index contributed by atoms with van der Waals surface area (Å²) in [6.45, 7) is 1.21. The molecule has 1 saturated heterocycles. The lowest BCUT2D eigenvalue weighted by Crippen LogP contribution is -2.73. The van der Waals surface area contributed by atoms with Crippen molar-refractivity contribution in [2.45, 2.75) is 24.9 Å². The Labute approximate surface area is 163 Å². The Morgan fingerprint density at radius 2 is 1.82 bits per heavy atom. The number of carbonyl (C=O) groups is 1. The van der Waals surface area contributed by atoms with Crippen LogP contribution < -0.4 is 20.1 Å². The van der Waals surface area contributed by atoms with Crippen LogP contribution in [0, 0.1) is 5.92 Å². The number of aliphatic hydroxyl groups is 1. The highest BCUT2D eigenvalue weighted by Gasteiger charge is 2.66. The Morgan fingerprint density at radius 3 is 2.25 bits per heavy atom. The lowest BCUT2D eigenvalue weighted by Gasteiger charge is -2.45. The fourth-order valence-electron chi connectivity index (χ4n) is 2.91. The van der Waals surface area contributed by atoms with Gasteiger partial charge in [-0.25, -0.2) is 0 Å². The Hall–Kier alpha value is -2.47.